The molecule has 0 unspecified atom stereocenters. The molecule has 0 aliphatic heterocycles. The molecule has 0 saturated carbocycles. The monoisotopic (exact) mass is 264 g/mol. The van der Waals surface area contributed by atoms with Gasteiger partial charge in [0.2, 0.25) is 0 Å². The average molecular weight is 265 g/mol. The molecule has 0 fully saturated rings. The summed E-state index contributed by atoms with van der Waals surface area (Å²) in [7, 11) is 0. The number of aryl methyl sites for hydroxylation is 1. The van der Waals surface area contributed by atoms with E-state index in [2.05, 4.69) is 5.10 Å². The van der Waals surface area contributed by atoms with Crippen molar-refractivity contribution in [2.45, 2.75) is 20.8 Å². The summed E-state index contributed by atoms with van der Waals surface area (Å²) in [6.45, 7) is 5.88. The second-order valence-electron chi connectivity index (χ2n) is 4.18. The Labute approximate surface area is 110 Å². The van der Waals surface area contributed by atoms with Crippen LogP contribution in [0.1, 0.15) is 27.3 Å². The van der Waals surface area contributed by atoms with Crippen molar-refractivity contribution in [1.82, 2.24) is 9.78 Å². The zero-order valence-electron chi connectivity index (χ0n) is 10.4. The summed E-state index contributed by atoms with van der Waals surface area (Å²) in [6.07, 6.45) is 0. The number of aromatic carboxylic acids is 1. The molecule has 1 aromatic carbocycles. The molecule has 0 atom stereocenters. The van der Waals surface area contributed by atoms with E-state index in [1.54, 1.807) is 10.7 Å². The number of nitrogens with zero attached hydrogens (tertiary/aromatic N) is 2. The second kappa shape index (κ2) is 4.46. The summed E-state index contributed by atoms with van der Waals surface area (Å²) in [5.41, 5.74) is 3.90. The van der Waals surface area contributed by atoms with E-state index in [1.165, 1.54) is 12.1 Å². The molecule has 0 radical (unpaired) electrons. The minimum absolute atomic E-state index is 0.169. The van der Waals surface area contributed by atoms with Crippen LogP contribution in [0.2, 0.25) is 5.02 Å². The fraction of sp³-hybridized carbons (Fsp3) is 0.231. The Bertz CT molecular complexity index is 632. The molecule has 5 heteroatoms. The van der Waals surface area contributed by atoms with Gasteiger partial charge in [0.1, 0.15) is 0 Å². The van der Waals surface area contributed by atoms with Crippen LogP contribution in [0.25, 0.3) is 5.69 Å². The van der Waals surface area contributed by atoms with E-state index >= 15 is 0 Å². The molecular weight excluding hydrogens is 252 g/mol. The summed E-state index contributed by atoms with van der Waals surface area (Å²) >= 11 is 6.12. The highest BCUT2D eigenvalue weighted by molar-refractivity contribution is 6.32. The number of carbonyl (C=O) groups is 1. The molecule has 2 aromatic rings. The zero-order valence-corrected chi connectivity index (χ0v) is 11.1. The highest BCUT2D eigenvalue weighted by Gasteiger charge is 2.13. The Kier molecular flexibility index (Phi) is 3.13. The van der Waals surface area contributed by atoms with Gasteiger partial charge in [-0.2, -0.15) is 5.10 Å². The molecule has 0 amide bonds. The second-order valence-corrected chi connectivity index (χ2v) is 4.59. The van der Waals surface area contributed by atoms with Crippen molar-refractivity contribution in [2.75, 3.05) is 0 Å². The van der Waals surface area contributed by atoms with Crippen LogP contribution in [-0.2, 0) is 0 Å². The van der Waals surface area contributed by atoms with Gasteiger partial charge in [0.25, 0.3) is 0 Å². The molecule has 1 N–H and O–H groups in total. The first kappa shape index (κ1) is 12.6. The van der Waals surface area contributed by atoms with Gasteiger partial charge in [-0.3, -0.25) is 0 Å². The molecule has 1 aromatic heterocycles. The van der Waals surface area contributed by atoms with Gasteiger partial charge in [0.05, 0.1) is 22.0 Å². The van der Waals surface area contributed by atoms with Gasteiger partial charge in [0, 0.05) is 5.69 Å². The van der Waals surface area contributed by atoms with Crippen molar-refractivity contribution in [2.24, 2.45) is 0 Å². The molecule has 0 saturated heterocycles. The van der Waals surface area contributed by atoms with Crippen LogP contribution >= 0.6 is 11.6 Å². The molecule has 0 aliphatic carbocycles. The van der Waals surface area contributed by atoms with Crippen LogP contribution in [0, 0.1) is 20.8 Å². The Hall–Kier alpha value is -1.81. The number of halogens is 1. The molecule has 0 spiro atoms. The summed E-state index contributed by atoms with van der Waals surface area (Å²) < 4.78 is 1.73. The quantitative estimate of drug-likeness (QED) is 0.907. The zero-order chi connectivity index (χ0) is 13.4. The van der Waals surface area contributed by atoms with Gasteiger partial charge in [0.15, 0.2) is 0 Å². The smallest absolute Gasteiger partial charge is 0.335 e. The van der Waals surface area contributed by atoms with Gasteiger partial charge < -0.3 is 5.11 Å². The lowest BCUT2D eigenvalue weighted by atomic mass is 10.2. The topological polar surface area (TPSA) is 55.1 Å². The summed E-state index contributed by atoms with van der Waals surface area (Å²) in [5, 5.41) is 13.7. The molecule has 0 bridgehead atoms. The Morgan fingerprint density at radius 1 is 1.33 bits per heavy atom. The molecule has 18 heavy (non-hydrogen) atoms. The van der Waals surface area contributed by atoms with Crippen molar-refractivity contribution in [3.63, 3.8) is 0 Å². The van der Waals surface area contributed by atoms with Crippen LogP contribution in [0.3, 0.4) is 0 Å². The largest absolute Gasteiger partial charge is 0.478 e. The van der Waals surface area contributed by atoms with Crippen molar-refractivity contribution >= 4 is 17.6 Å². The first-order valence-corrected chi connectivity index (χ1v) is 5.85. The standard InChI is InChI=1S/C13H13ClN2O2/c1-7-8(2)15-16(9(7)3)12-5-4-10(13(17)18)6-11(12)14/h4-6H,1-3H3,(H,17,18). The van der Waals surface area contributed by atoms with Gasteiger partial charge in [-0.15, -0.1) is 0 Å². The van der Waals surface area contributed by atoms with Crippen LogP contribution in [0.4, 0.5) is 0 Å². The maximum absolute atomic E-state index is 10.8. The Morgan fingerprint density at radius 2 is 2.00 bits per heavy atom. The summed E-state index contributed by atoms with van der Waals surface area (Å²) in [5.74, 6) is -0.993. The van der Waals surface area contributed by atoms with Crippen LogP contribution < -0.4 is 0 Å². The number of benzene rings is 1. The number of hydrogen-bond donors (Lipinski definition) is 1. The van der Waals surface area contributed by atoms with Gasteiger partial charge in [-0.1, -0.05) is 11.6 Å². The van der Waals surface area contributed by atoms with Crippen LogP contribution in [-0.4, -0.2) is 20.9 Å². The number of hydrogen-bond acceptors (Lipinski definition) is 2. The van der Waals surface area contributed by atoms with Crippen molar-refractivity contribution in [3.8, 4) is 5.69 Å². The lowest BCUT2D eigenvalue weighted by Gasteiger charge is -2.07. The van der Waals surface area contributed by atoms with Crippen LogP contribution in [0.15, 0.2) is 18.2 Å². The van der Waals surface area contributed by atoms with Crippen molar-refractivity contribution in [3.05, 3.63) is 45.7 Å². The van der Waals surface area contributed by atoms with E-state index in [-0.39, 0.29) is 5.56 Å². The van der Waals surface area contributed by atoms with Gasteiger partial charge >= 0.3 is 5.97 Å². The summed E-state index contributed by atoms with van der Waals surface area (Å²) in [6, 6.07) is 4.63. The van der Waals surface area contributed by atoms with Gasteiger partial charge in [-0.05, 0) is 44.5 Å². The first-order valence-electron chi connectivity index (χ1n) is 5.48. The maximum atomic E-state index is 10.8. The normalized spacial score (nSPS) is 10.7. The average Bonchev–Trinajstić information content (AvgIpc) is 2.57. The number of carboxylic acids is 1. The van der Waals surface area contributed by atoms with E-state index in [0.717, 1.165) is 17.0 Å². The molecule has 0 aliphatic rings. The van der Waals surface area contributed by atoms with Crippen molar-refractivity contribution in [1.29, 1.82) is 0 Å². The van der Waals surface area contributed by atoms with E-state index < -0.39 is 5.97 Å². The van der Waals surface area contributed by atoms with Crippen molar-refractivity contribution < 1.29 is 9.90 Å². The Balaban J connectivity index is 2.58. The lowest BCUT2D eigenvalue weighted by Crippen LogP contribution is -2.02. The molecule has 2 rings (SSSR count). The summed E-state index contributed by atoms with van der Waals surface area (Å²) in [4.78, 5) is 10.8. The van der Waals surface area contributed by atoms with E-state index in [4.69, 9.17) is 16.7 Å². The third-order valence-electron chi connectivity index (χ3n) is 3.08. The van der Waals surface area contributed by atoms with E-state index in [9.17, 15) is 4.79 Å². The first-order chi connectivity index (χ1) is 8.41. The fourth-order valence-corrected chi connectivity index (χ4v) is 2.03. The SMILES string of the molecule is Cc1nn(-c2ccc(C(=O)O)cc2Cl)c(C)c1C. The van der Waals surface area contributed by atoms with E-state index in [0.29, 0.717) is 10.7 Å². The number of carboxylic acid groups (broad SMARTS) is 1. The third kappa shape index (κ3) is 1.99. The van der Waals surface area contributed by atoms with Gasteiger partial charge in [-0.25, -0.2) is 9.48 Å². The Morgan fingerprint density at radius 3 is 2.44 bits per heavy atom. The maximum Gasteiger partial charge on any atom is 0.335 e. The fourth-order valence-electron chi connectivity index (χ4n) is 1.77. The molecule has 4 nitrogen and oxygen atoms in total. The molecule has 1 heterocycles. The predicted molar refractivity (Wildman–Crippen MR) is 69.7 cm³/mol. The highest BCUT2D eigenvalue weighted by Crippen LogP contribution is 2.24. The third-order valence-corrected chi connectivity index (χ3v) is 3.38. The highest BCUT2D eigenvalue weighted by atomic mass is 35.5. The molecular formula is C13H13ClN2O2. The number of aromatic nitrogens is 2. The molecule has 94 valence electrons. The minimum atomic E-state index is -0.993. The number of rotatable bonds is 2. The predicted octanol–water partition coefficient (Wildman–Crippen LogP) is 3.15. The van der Waals surface area contributed by atoms with E-state index in [1.807, 2.05) is 20.8 Å². The van der Waals surface area contributed by atoms with Crippen LogP contribution in [0.5, 0.6) is 0 Å². The minimum Gasteiger partial charge on any atom is -0.478 e. The lowest BCUT2D eigenvalue weighted by molar-refractivity contribution is 0.0697.